The van der Waals surface area contributed by atoms with Crippen LogP contribution in [0.1, 0.15) is 37.3 Å². The predicted octanol–water partition coefficient (Wildman–Crippen LogP) is 2.24. The minimum Gasteiger partial charge on any atom is -0.370 e. The maximum Gasteiger partial charge on any atom is 0.211 e. The van der Waals surface area contributed by atoms with Crippen molar-refractivity contribution >= 4 is 45.6 Å². The highest BCUT2D eigenvalue weighted by atomic mass is 127. The molecule has 1 aliphatic rings. The van der Waals surface area contributed by atoms with Crippen LogP contribution in [0.15, 0.2) is 23.2 Å². The van der Waals surface area contributed by atoms with Crippen LogP contribution in [0.2, 0.25) is 0 Å². The summed E-state index contributed by atoms with van der Waals surface area (Å²) < 4.78 is 25.1. The lowest BCUT2D eigenvalue weighted by Crippen LogP contribution is -2.27. The van der Waals surface area contributed by atoms with Crippen LogP contribution in [0.25, 0.3) is 0 Å². The Labute approximate surface area is 161 Å². The maximum absolute atomic E-state index is 11.3. The van der Waals surface area contributed by atoms with Crippen molar-refractivity contribution in [1.29, 1.82) is 0 Å². The molecule has 0 radical (unpaired) electrons. The number of hydrogen-bond acceptors (Lipinski definition) is 3. The van der Waals surface area contributed by atoms with E-state index in [-0.39, 0.29) is 29.7 Å². The van der Waals surface area contributed by atoms with E-state index in [9.17, 15) is 8.42 Å². The zero-order valence-corrected chi connectivity index (χ0v) is 17.2. The van der Waals surface area contributed by atoms with Crippen molar-refractivity contribution in [3.8, 4) is 0 Å². The molecule has 0 bridgehead atoms. The average Bonchev–Trinajstić information content (AvgIpc) is 2.55. The van der Waals surface area contributed by atoms with E-state index in [4.69, 9.17) is 5.73 Å². The molecule has 1 aliphatic carbocycles. The standard InChI is InChI=1S/C16H26N4O2S.HI/c1-2-23(21,22)19-12-6-11-18-16(17)20-15-10-5-8-13-7-3-4-9-14(13)15;/h5,8,10,19H,2-4,6-7,9,11-12H2,1H3,(H3,17,18,20);1H. The molecule has 0 unspecified atom stereocenters. The van der Waals surface area contributed by atoms with Crippen LogP contribution < -0.4 is 15.8 Å². The molecule has 4 N–H and O–H groups in total. The number of benzene rings is 1. The first-order valence-corrected chi connectivity index (χ1v) is 9.82. The summed E-state index contributed by atoms with van der Waals surface area (Å²) in [6.07, 6.45) is 5.27. The molecule has 0 heterocycles. The third kappa shape index (κ3) is 6.56. The van der Waals surface area contributed by atoms with E-state index in [0.717, 1.165) is 18.5 Å². The van der Waals surface area contributed by atoms with Gasteiger partial charge in [0.15, 0.2) is 5.96 Å². The molecule has 0 aromatic heterocycles. The van der Waals surface area contributed by atoms with Gasteiger partial charge in [-0.1, -0.05) is 12.1 Å². The monoisotopic (exact) mass is 466 g/mol. The van der Waals surface area contributed by atoms with Crippen molar-refractivity contribution in [1.82, 2.24) is 4.72 Å². The van der Waals surface area contributed by atoms with Gasteiger partial charge in [-0.05, 0) is 56.2 Å². The number of anilines is 1. The second-order valence-electron chi connectivity index (χ2n) is 5.69. The van der Waals surface area contributed by atoms with Gasteiger partial charge in [-0.15, -0.1) is 24.0 Å². The van der Waals surface area contributed by atoms with Gasteiger partial charge in [0.1, 0.15) is 0 Å². The van der Waals surface area contributed by atoms with Crippen molar-refractivity contribution in [3.05, 3.63) is 29.3 Å². The first-order valence-electron chi connectivity index (χ1n) is 8.17. The first kappa shape index (κ1) is 21.2. The Balaban J connectivity index is 0.00000288. The number of guanidine groups is 1. The van der Waals surface area contributed by atoms with E-state index in [2.05, 4.69) is 21.1 Å². The van der Waals surface area contributed by atoms with Crippen molar-refractivity contribution < 1.29 is 8.42 Å². The molecular weight excluding hydrogens is 439 g/mol. The van der Waals surface area contributed by atoms with E-state index in [1.807, 2.05) is 12.1 Å². The van der Waals surface area contributed by atoms with Gasteiger partial charge in [-0.2, -0.15) is 0 Å². The van der Waals surface area contributed by atoms with Gasteiger partial charge in [0, 0.05) is 18.8 Å². The minimum atomic E-state index is -3.12. The number of hydrogen-bond donors (Lipinski definition) is 3. The summed E-state index contributed by atoms with van der Waals surface area (Å²) in [5, 5.41) is 3.18. The van der Waals surface area contributed by atoms with Crippen LogP contribution in [0.3, 0.4) is 0 Å². The zero-order chi connectivity index (χ0) is 16.7. The molecule has 0 saturated carbocycles. The Morgan fingerprint density at radius 2 is 2.04 bits per heavy atom. The maximum atomic E-state index is 11.3. The van der Waals surface area contributed by atoms with Gasteiger partial charge in [0.05, 0.1) is 5.75 Å². The van der Waals surface area contributed by atoms with Crippen LogP contribution in [0.5, 0.6) is 0 Å². The topological polar surface area (TPSA) is 96.6 Å². The van der Waals surface area contributed by atoms with Gasteiger partial charge in [0.2, 0.25) is 10.0 Å². The summed E-state index contributed by atoms with van der Waals surface area (Å²) in [5.74, 6) is 0.473. The Kier molecular flexibility index (Phi) is 8.99. The predicted molar refractivity (Wildman–Crippen MR) is 111 cm³/mol. The van der Waals surface area contributed by atoms with E-state index in [1.165, 1.54) is 24.0 Å². The first-order chi connectivity index (χ1) is 11.0. The molecule has 0 fully saturated rings. The Hall–Kier alpha value is -0.870. The number of halogens is 1. The average molecular weight is 466 g/mol. The second-order valence-corrected chi connectivity index (χ2v) is 7.79. The molecular formula is C16H27IN4O2S. The van der Waals surface area contributed by atoms with Gasteiger partial charge in [0.25, 0.3) is 0 Å². The molecule has 2 rings (SSSR count). The van der Waals surface area contributed by atoms with Crippen molar-refractivity contribution in [3.63, 3.8) is 0 Å². The minimum absolute atomic E-state index is 0. The number of sulfonamides is 1. The second kappa shape index (κ2) is 10.2. The van der Waals surface area contributed by atoms with E-state index in [1.54, 1.807) is 6.92 Å². The molecule has 6 nitrogen and oxygen atoms in total. The lowest BCUT2D eigenvalue weighted by molar-refractivity contribution is 0.581. The summed E-state index contributed by atoms with van der Waals surface area (Å²) in [7, 11) is -3.12. The number of aryl methyl sites for hydroxylation is 1. The van der Waals surface area contributed by atoms with Crippen LogP contribution in [-0.4, -0.2) is 33.2 Å². The third-order valence-electron chi connectivity index (χ3n) is 3.98. The molecule has 1 aromatic rings. The van der Waals surface area contributed by atoms with Crippen molar-refractivity contribution in [2.45, 2.75) is 39.0 Å². The fraction of sp³-hybridized carbons (Fsp3) is 0.562. The highest BCUT2D eigenvalue weighted by Gasteiger charge is 2.13. The molecule has 24 heavy (non-hydrogen) atoms. The van der Waals surface area contributed by atoms with Crippen molar-refractivity contribution in [2.75, 3.05) is 24.2 Å². The molecule has 0 saturated heterocycles. The van der Waals surface area contributed by atoms with Gasteiger partial charge in [-0.25, -0.2) is 13.1 Å². The van der Waals surface area contributed by atoms with Crippen LogP contribution in [0, 0.1) is 0 Å². The molecule has 1 aromatic carbocycles. The van der Waals surface area contributed by atoms with E-state index in [0.29, 0.717) is 25.5 Å². The SMILES string of the molecule is CCS(=O)(=O)NCCCN=C(N)Nc1cccc2c1CCCC2.I. The highest BCUT2D eigenvalue weighted by Crippen LogP contribution is 2.27. The summed E-state index contributed by atoms with van der Waals surface area (Å²) in [6.45, 7) is 2.48. The number of aliphatic imine (C=N–C) groups is 1. The number of fused-ring (bicyclic) bond motifs is 1. The van der Waals surface area contributed by atoms with E-state index >= 15 is 0 Å². The third-order valence-corrected chi connectivity index (χ3v) is 5.38. The number of nitrogens with zero attached hydrogens (tertiary/aromatic N) is 1. The quantitative estimate of drug-likeness (QED) is 0.249. The summed E-state index contributed by atoms with van der Waals surface area (Å²) in [6, 6.07) is 6.24. The Bertz CT molecular complexity index is 662. The molecule has 0 spiro atoms. The fourth-order valence-electron chi connectivity index (χ4n) is 2.68. The molecule has 136 valence electrons. The van der Waals surface area contributed by atoms with Gasteiger partial charge < -0.3 is 11.1 Å². The molecule has 0 amide bonds. The largest absolute Gasteiger partial charge is 0.370 e. The molecule has 8 heteroatoms. The summed E-state index contributed by atoms with van der Waals surface area (Å²) in [4.78, 5) is 4.26. The van der Waals surface area contributed by atoms with Crippen molar-refractivity contribution in [2.24, 2.45) is 10.7 Å². The molecule has 0 aliphatic heterocycles. The van der Waals surface area contributed by atoms with E-state index < -0.39 is 10.0 Å². The number of rotatable bonds is 7. The Morgan fingerprint density at radius 3 is 2.79 bits per heavy atom. The Morgan fingerprint density at radius 1 is 1.29 bits per heavy atom. The summed E-state index contributed by atoms with van der Waals surface area (Å²) in [5.41, 5.74) is 9.70. The normalized spacial score (nSPS) is 14.6. The van der Waals surface area contributed by atoms with Gasteiger partial charge >= 0.3 is 0 Å². The highest BCUT2D eigenvalue weighted by molar-refractivity contribution is 14.0. The van der Waals surface area contributed by atoms with Crippen LogP contribution >= 0.6 is 24.0 Å². The molecule has 0 atom stereocenters. The van der Waals surface area contributed by atoms with Crippen LogP contribution in [0.4, 0.5) is 5.69 Å². The number of nitrogens with one attached hydrogen (secondary N) is 2. The number of nitrogens with two attached hydrogens (primary N) is 1. The summed E-state index contributed by atoms with van der Waals surface area (Å²) >= 11 is 0. The fourth-order valence-corrected chi connectivity index (χ4v) is 3.34. The van der Waals surface area contributed by atoms with Crippen LogP contribution in [-0.2, 0) is 22.9 Å². The van der Waals surface area contributed by atoms with Gasteiger partial charge in [-0.3, -0.25) is 4.99 Å². The smallest absolute Gasteiger partial charge is 0.211 e. The lowest BCUT2D eigenvalue weighted by atomic mass is 9.90. The zero-order valence-electron chi connectivity index (χ0n) is 14.0. The lowest BCUT2D eigenvalue weighted by Gasteiger charge is -2.19.